The Balaban J connectivity index is 2.21. The Morgan fingerprint density at radius 2 is 1.42 bits per heavy atom. The normalized spacial score (nSPS) is 12.3. The first-order valence-electron chi connectivity index (χ1n) is 8.25. The topological polar surface area (TPSA) is 85.4 Å². The fraction of sp³-hybridized carbons (Fsp3) is 0.312. The molecule has 0 radical (unpaired) electrons. The van der Waals surface area contributed by atoms with Crippen LogP contribution in [-0.4, -0.2) is 39.3 Å². The van der Waals surface area contributed by atoms with Crippen molar-refractivity contribution in [3.63, 3.8) is 0 Å². The van der Waals surface area contributed by atoms with E-state index in [-0.39, 0.29) is 5.69 Å². The summed E-state index contributed by atoms with van der Waals surface area (Å²) >= 11 is 6.47. The molecule has 0 unspecified atom stereocenters. The molecule has 0 saturated carbocycles. The van der Waals surface area contributed by atoms with Gasteiger partial charge in [-0.25, -0.2) is 4.79 Å². The zero-order chi connectivity index (χ0) is 25.0. The summed E-state index contributed by atoms with van der Waals surface area (Å²) in [5.41, 5.74) is -1.07. The van der Waals surface area contributed by atoms with Crippen LogP contribution in [0.15, 0.2) is 24.3 Å². The molecule has 0 bridgehead atoms. The van der Waals surface area contributed by atoms with Crippen LogP contribution in [0.25, 0.3) is 0 Å². The molecule has 0 saturated heterocycles. The van der Waals surface area contributed by atoms with Crippen LogP contribution in [0.5, 0.6) is 11.8 Å². The summed E-state index contributed by atoms with van der Waals surface area (Å²) in [4.78, 5) is 19.0. The number of carbonyl (C=O) groups excluding carboxylic acids is 1. The Morgan fingerprint density at radius 3 is 1.88 bits per heavy atom. The minimum atomic E-state index is -4.81. The first-order valence-corrected chi connectivity index (χ1v) is 9.71. The van der Waals surface area contributed by atoms with Crippen molar-refractivity contribution in [1.29, 1.82) is 0 Å². The van der Waals surface area contributed by atoms with Crippen molar-refractivity contribution in [1.82, 2.24) is 9.97 Å². The van der Waals surface area contributed by atoms with Gasteiger partial charge in [0.15, 0.2) is 18.2 Å². The molecule has 2 amide bonds. The predicted octanol–water partition coefficient (Wildman–Crippen LogP) is 6.14. The summed E-state index contributed by atoms with van der Waals surface area (Å²) in [6.45, 7) is -3.14. The molecule has 0 spiro atoms. The van der Waals surface area contributed by atoms with Gasteiger partial charge in [-0.05, 0) is 24.3 Å². The third-order valence-electron chi connectivity index (χ3n) is 3.23. The second kappa shape index (κ2) is 10.3. The Morgan fingerprint density at radius 1 is 0.909 bits per heavy atom. The lowest BCUT2D eigenvalue weighted by molar-refractivity contribution is -0.154. The highest BCUT2D eigenvalue weighted by molar-refractivity contribution is 14.1. The van der Waals surface area contributed by atoms with Crippen molar-refractivity contribution < 1.29 is 49.4 Å². The van der Waals surface area contributed by atoms with Crippen LogP contribution < -0.4 is 20.1 Å². The van der Waals surface area contributed by atoms with E-state index >= 15 is 0 Å². The van der Waals surface area contributed by atoms with Crippen molar-refractivity contribution in [3.8, 4) is 11.8 Å². The molecule has 0 fully saturated rings. The van der Waals surface area contributed by atoms with Gasteiger partial charge >= 0.3 is 22.3 Å². The molecule has 0 aliphatic carbocycles. The molecule has 0 aliphatic rings. The lowest BCUT2D eigenvalue weighted by atomic mass is 10.2. The first kappa shape index (κ1) is 26.9. The lowest BCUT2D eigenvalue weighted by Gasteiger charge is -2.15. The highest BCUT2D eigenvalue weighted by Gasteiger charge is 2.32. The summed E-state index contributed by atoms with van der Waals surface area (Å²) in [6, 6.07) is 2.10. The van der Waals surface area contributed by atoms with E-state index < -0.39 is 63.8 Å². The summed E-state index contributed by atoms with van der Waals surface area (Å²) in [5.74, 6) is -2.50. The highest BCUT2D eigenvalue weighted by atomic mass is 127. The van der Waals surface area contributed by atoms with Gasteiger partial charge in [-0.3, -0.25) is 5.32 Å². The van der Waals surface area contributed by atoms with Gasteiger partial charge in [-0.1, -0.05) is 11.6 Å². The minimum absolute atomic E-state index is 0.0935. The van der Waals surface area contributed by atoms with Crippen LogP contribution in [-0.2, 0) is 6.18 Å². The molecule has 1 aromatic heterocycles. The summed E-state index contributed by atoms with van der Waals surface area (Å²) in [5, 5.41) is 3.31. The monoisotopic (exact) mass is 620 g/mol. The van der Waals surface area contributed by atoms with Gasteiger partial charge in [0, 0.05) is 28.3 Å². The van der Waals surface area contributed by atoms with Crippen LogP contribution in [0, 0.1) is 0 Å². The maximum Gasteiger partial charge on any atom is 0.422 e. The number of hydrogen-bond donors (Lipinski definition) is 2. The number of carbonyl (C=O) groups is 1. The van der Waals surface area contributed by atoms with Gasteiger partial charge < -0.3 is 14.8 Å². The number of anilines is 2. The van der Waals surface area contributed by atoms with Crippen molar-refractivity contribution in [3.05, 3.63) is 34.9 Å². The number of alkyl halides is 9. The third-order valence-corrected chi connectivity index (χ3v) is 3.87. The Bertz CT molecular complexity index is 945. The maximum absolute atomic E-state index is 13.0. The smallest absolute Gasteiger partial charge is 0.422 e. The summed E-state index contributed by atoms with van der Waals surface area (Å²) in [7, 11) is 0. The summed E-state index contributed by atoms with van der Waals surface area (Å²) in [6.07, 6.45) is -9.41. The number of nitrogens with one attached hydrogen (secondary N) is 2. The van der Waals surface area contributed by atoms with Crippen LogP contribution in [0.1, 0.15) is 5.56 Å². The zero-order valence-electron chi connectivity index (χ0n) is 15.6. The summed E-state index contributed by atoms with van der Waals surface area (Å²) < 4.78 is 107. The van der Waals surface area contributed by atoms with E-state index in [1.165, 1.54) is 0 Å². The standard InChI is InChI=1S/C16H10ClF8IN4O3/c17-9-10(32-5-14(18,19)20)28-12(29-11(9)33-6-15(21,22)26)30-13(31)27-8-3-1-7(2-4-8)16(23,24)25/h1-4H,5-6H2,(H2,27,28,29,30,31). The molecular formula is C16H10ClF8IN4O3. The van der Waals surface area contributed by atoms with Crippen molar-refractivity contribution >= 4 is 51.9 Å². The Hall–Kier alpha value is -2.37. The fourth-order valence-electron chi connectivity index (χ4n) is 1.96. The van der Waals surface area contributed by atoms with Crippen LogP contribution in [0.4, 0.5) is 51.6 Å². The molecular weight excluding hydrogens is 611 g/mol. The van der Waals surface area contributed by atoms with E-state index in [0.717, 1.165) is 34.7 Å². The average molecular weight is 621 g/mol. The number of urea groups is 1. The largest absolute Gasteiger partial charge is 0.469 e. The number of benzene rings is 1. The Kier molecular flexibility index (Phi) is 8.36. The predicted molar refractivity (Wildman–Crippen MR) is 107 cm³/mol. The molecule has 1 aromatic carbocycles. The molecule has 7 nitrogen and oxygen atoms in total. The van der Waals surface area contributed by atoms with Gasteiger partial charge in [0.1, 0.15) is 0 Å². The SMILES string of the molecule is O=C(Nc1ccc(C(F)(F)F)cc1)Nc1nc(OCC(F)(F)F)c(Cl)c(OCC(F)(F)I)n1. The number of hydrogen-bond acceptors (Lipinski definition) is 5. The number of aromatic nitrogens is 2. The number of amides is 2. The number of rotatable bonds is 7. The van der Waals surface area contributed by atoms with Crippen molar-refractivity contribution in [2.75, 3.05) is 23.8 Å². The molecule has 33 heavy (non-hydrogen) atoms. The third kappa shape index (κ3) is 9.18. The van der Waals surface area contributed by atoms with E-state index in [2.05, 4.69) is 24.8 Å². The zero-order valence-corrected chi connectivity index (χ0v) is 18.5. The second-order valence-electron chi connectivity index (χ2n) is 5.93. The van der Waals surface area contributed by atoms with Gasteiger partial charge in [-0.15, -0.1) is 0 Å². The minimum Gasteiger partial charge on any atom is -0.469 e. The molecule has 0 aliphatic heterocycles. The highest BCUT2D eigenvalue weighted by Crippen LogP contribution is 2.35. The Labute approximate surface area is 197 Å². The lowest BCUT2D eigenvalue weighted by Crippen LogP contribution is -2.23. The number of ether oxygens (including phenoxy) is 2. The van der Waals surface area contributed by atoms with E-state index in [1.807, 2.05) is 5.32 Å². The fourth-order valence-corrected chi connectivity index (χ4v) is 2.31. The molecule has 182 valence electrons. The molecule has 1 heterocycles. The molecule has 2 aromatic rings. The van der Waals surface area contributed by atoms with E-state index in [9.17, 15) is 39.9 Å². The van der Waals surface area contributed by atoms with Gasteiger partial charge in [0.2, 0.25) is 17.7 Å². The molecule has 0 atom stereocenters. The molecule has 2 rings (SSSR count). The van der Waals surface area contributed by atoms with E-state index in [0.29, 0.717) is 12.1 Å². The van der Waals surface area contributed by atoms with E-state index in [1.54, 1.807) is 0 Å². The van der Waals surface area contributed by atoms with E-state index in [4.69, 9.17) is 11.6 Å². The average Bonchev–Trinajstić information content (AvgIpc) is 2.65. The van der Waals surface area contributed by atoms with Crippen LogP contribution in [0.3, 0.4) is 0 Å². The van der Waals surface area contributed by atoms with Crippen molar-refractivity contribution in [2.45, 2.75) is 16.3 Å². The van der Waals surface area contributed by atoms with Crippen molar-refractivity contribution in [2.24, 2.45) is 0 Å². The van der Waals surface area contributed by atoms with Gasteiger partial charge in [0.25, 0.3) is 0 Å². The molecule has 2 N–H and O–H groups in total. The first-order chi connectivity index (χ1) is 15.0. The quantitative estimate of drug-likeness (QED) is 0.221. The number of halogens is 10. The maximum atomic E-state index is 13.0. The van der Waals surface area contributed by atoms with Crippen LogP contribution in [0.2, 0.25) is 5.02 Å². The second-order valence-corrected chi connectivity index (χ2v) is 7.89. The molecule has 17 heteroatoms. The van der Waals surface area contributed by atoms with Gasteiger partial charge in [0.05, 0.1) is 5.56 Å². The number of nitrogens with zero attached hydrogens (tertiary/aromatic N) is 2. The van der Waals surface area contributed by atoms with Gasteiger partial charge in [-0.2, -0.15) is 45.1 Å². The van der Waals surface area contributed by atoms with Crippen LogP contribution >= 0.6 is 34.2 Å².